The average molecular weight is 341 g/mol. The monoisotopic (exact) mass is 341 g/mol. The smallest absolute Gasteiger partial charge is 0.227 e. The first-order valence-electron chi connectivity index (χ1n) is 9.33. The Morgan fingerprint density at radius 3 is 3.00 bits per heavy atom. The van der Waals surface area contributed by atoms with E-state index in [2.05, 4.69) is 17.1 Å². The number of rotatable bonds is 6. The number of carbonyl (C=O) groups excluding carboxylic acids is 1. The molecule has 1 atom stereocenters. The largest absolute Gasteiger partial charge is 0.342 e. The molecule has 5 nitrogen and oxygen atoms in total. The summed E-state index contributed by atoms with van der Waals surface area (Å²) in [4.78, 5) is 18.8. The van der Waals surface area contributed by atoms with Crippen LogP contribution in [0.2, 0.25) is 0 Å². The minimum absolute atomic E-state index is 0.290. The lowest BCUT2D eigenvalue weighted by Gasteiger charge is -2.32. The number of amides is 1. The molecule has 1 aliphatic heterocycles. The van der Waals surface area contributed by atoms with Gasteiger partial charge in [-0.15, -0.1) is 0 Å². The minimum Gasteiger partial charge on any atom is -0.342 e. The third kappa shape index (κ3) is 4.47. The second-order valence-corrected chi connectivity index (χ2v) is 6.98. The van der Waals surface area contributed by atoms with Crippen molar-refractivity contribution >= 4 is 5.91 Å². The van der Waals surface area contributed by atoms with Crippen molar-refractivity contribution in [3.05, 3.63) is 35.7 Å². The predicted octanol–water partition coefficient (Wildman–Crippen LogP) is 4.02. The molecule has 1 fully saturated rings. The zero-order chi connectivity index (χ0) is 17.6. The Morgan fingerprint density at radius 1 is 1.36 bits per heavy atom. The van der Waals surface area contributed by atoms with E-state index in [1.165, 1.54) is 0 Å². The summed E-state index contributed by atoms with van der Waals surface area (Å²) in [7, 11) is 0. The topological polar surface area (TPSA) is 59.2 Å². The number of unbranched alkanes of at least 4 members (excludes halogenated alkanes) is 1. The molecule has 0 saturated carbocycles. The fourth-order valence-electron chi connectivity index (χ4n) is 3.46. The van der Waals surface area contributed by atoms with Gasteiger partial charge >= 0.3 is 0 Å². The van der Waals surface area contributed by atoms with E-state index in [1.54, 1.807) is 0 Å². The van der Waals surface area contributed by atoms with Crippen LogP contribution in [0.25, 0.3) is 11.4 Å². The molecule has 25 heavy (non-hydrogen) atoms. The first kappa shape index (κ1) is 17.6. The molecule has 1 saturated heterocycles. The van der Waals surface area contributed by atoms with Crippen LogP contribution in [0.1, 0.15) is 50.5 Å². The highest BCUT2D eigenvalue weighted by atomic mass is 16.5. The van der Waals surface area contributed by atoms with E-state index in [0.717, 1.165) is 56.3 Å². The van der Waals surface area contributed by atoms with Crippen molar-refractivity contribution in [1.82, 2.24) is 15.0 Å². The molecule has 0 N–H and O–H groups in total. The number of aryl methyl sites for hydroxylation is 1. The molecule has 0 spiro atoms. The third-order valence-corrected chi connectivity index (χ3v) is 4.93. The highest BCUT2D eigenvalue weighted by Gasteiger charge is 2.25. The van der Waals surface area contributed by atoms with Crippen LogP contribution >= 0.6 is 0 Å². The Labute approximate surface area is 149 Å². The van der Waals surface area contributed by atoms with Gasteiger partial charge in [0.2, 0.25) is 17.6 Å². The summed E-state index contributed by atoms with van der Waals surface area (Å²) in [5.74, 6) is 2.02. The fourth-order valence-corrected chi connectivity index (χ4v) is 3.46. The van der Waals surface area contributed by atoms with Crippen molar-refractivity contribution in [2.24, 2.45) is 5.92 Å². The predicted molar refractivity (Wildman–Crippen MR) is 97.0 cm³/mol. The van der Waals surface area contributed by atoms with Crippen molar-refractivity contribution < 1.29 is 9.32 Å². The van der Waals surface area contributed by atoms with Crippen LogP contribution in [-0.4, -0.2) is 34.0 Å². The summed E-state index contributed by atoms with van der Waals surface area (Å²) in [5.41, 5.74) is 2.15. The van der Waals surface area contributed by atoms with Crippen molar-refractivity contribution in [2.75, 3.05) is 13.1 Å². The molecular formula is C20H27N3O2. The molecular weight excluding hydrogens is 314 g/mol. The van der Waals surface area contributed by atoms with Gasteiger partial charge in [-0.25, -0.2) is 0 Å². The van der Waals surface area contributed by atoms with E-state index in [-0.39, 0.29) is 5.91 Å². The van der Waals surface area contributed by atoms with Crippen LogP contribution < -0.4 is 0 Å². The maximum absolute atomic E-state index is 12.3. The maximum Gasteiger partial charge on any atom is 0.227 e. The van der Waals surface area contributed by atoms with Crippen LogP contribution in [0.5, 0.6) is 0 Å². The lowest BCUT2D eigenvalue weighted by atomic mass is 9.94. The zero-order valence-corrected chi connectivity index (χ0v) is 15.2. The molecule has 1 aromatic carbocycles. The van der Waals surface area contributed by atoms with Crippen molar-refractivity contribution in [1.29, 1.82) is 0 Å². The SMILES string of the molecule is CCCCC(=O)N1CCCC(Cc2nc(-c3ccccc3C)no2)C1. The number of aromatic nitrogens is 2. The molecule has 2 aromatic rings. The van der Waals surface area contributed by atoms with Crippen LogP contribution in [-0.2, 0) is 11.2 Å². The van der Waals surface area contributed by atoms with Gasteiger partial charge in [0.15, 0.2) is 0 Å². The van der Waals surface area contributed by atoms with Crippen LogP contribution in [0, 0.1) is 12.8 Å². The Morgan fingerprint density at radius 2 is 2.20 bits per heavy atom. The average Bonchev–Trinajstić information content (AvgIpc) is 3.08. The summed E-state index contributed by atoms with van der Waals surface area (Å²) in [5, 5.41) is 4.14. The number of hydrogen-bond acceptors (Lipinski definition) is 4. The Bertz CT molecular complexity index is 710. The van der Waals surface area contributed by atoms with Crippen LogP contribution in [0.4, 0.5) is 0 Å². The number of piperidine rings is 1. The summed E-state index contributed by atoms with van der Waals surface area (Å²) in [6.45, 7) is 5.86. The van der Waals surface area contributed by atoms with Crippen molar-refractivity contribution in [3.63, 3.8) is 0 Å². The summed E-state index contributed by atoms with van der Waals surface area (Å²) in [6.07, 6.45) is 5.62. The van der Waals surface area contributed by atoms with Crippen molar-refractivity contribution in [2.45, 2.75) is 52.4 Å². The Hall–Kier alpha value is -2.17. The molecule has 3 rings (SSSR count). The number of carbonyl (C=O) groups is 1. The molecule has 5 heteroatoms. The van der Waals surface area contributed by atoms with E-state index in [0.29, 0.717) is 24.1 Å². The number of nitrogens with zero attached hydrogens (tertiary/aromatic N) is 3. The first-order valence-corrected chi connectivity index (χ1v) is 9.33. The molecule has 2 heterocycles. The van der Waals surface area contributed by atoms with E-state index in [1.807, 2.05) is 36.1 Å². The quantitative estimate of drug-likeness (QED) is 0.796. The van der Waals surface area contributed by atoms with E-state index in [9.17, 15) is 4.79 Å². The Balaban J connectivity index is 1.61. The first-order chi connectivity index (χ1) is 12.2. The fraction of sp³-hybridized carbons (Fsp3) is 0.550. The molecule has 0 bridgehead atoms. The second kappa shape index (κ2) is 8.28. The third-order valence-electron chi connectivity index (χ3n) is 4.93. The van der Waals surface area contributed by atoms with Gasteiger partial charge in [0.25, 0.3) is 0 Å². The number of likely N-dealkylation sites (tertiary alicyclic amines) is 1. The normalized spacial score (nSPS) is 17.7. The van der Waals surface area contributed by atoms with Gasteiger partial charge in [-0.3, -0.25) is 4.79 Å². The van der Waals surface area contributed by atoms with E-state index >= 15 is 0 Å². The summed E-state index contributed by atoms with van der Waals surface area (Å²) >= 11 is 0. The lowest BCUT2D eigenvalue weighted by Crippen LogP contribution is -2.40. The molecule has 1 unspecified atom stereocenters. The van der Waals surface area contributed by atoms with Gasteiger partial charge in [0.05, 0.1) is 0 Å². The summed E-state index contributed by atoms with van der Waals surface area (Å²) in [6, 6.07) is 8.05. The summed E-state index contributed by atoms with van der Waals surface area (Å²) < 4.78 is 5.47. The van der Waals surface area contributed by atoms with Crippen molar-refractivity contribution in [3.8, 4) is 11.4 Å². The highest BCUT2D eigenvalue weighted by Crippen LogP contribution is 2.24. The second-order valence-electron chi connectivity index (χ2n) is 6.98. The van der Waals surface area contributed by atoms with Gasteiger partial charge in [-0.1, -0.05) is 42.8 Å². The molecule has 0 aliphatic carbocycles. The van der Waals surface area contributed by atoms with Gasteiger partial charge in [-0.2, -0.15) is 4.98 Å². The lowest BCUT2D eigenvalue weighted by molar-refractivity contribution is -0.133. The Kier molecular flexibility index (Phi) is 5.84. The molecule has 1 amide bonds. The highest BCUT2D eigenvalue weighted by molar-refractivity contribution is 5.76. The molecule has 0 radical (unpaired) electrons. The van der Waals surface area contributed by atoms with Gasteiger partial charge in [-0.05, 0) is 37.7 Å². The maximum atomic E-state index is 12.3. The molecule has 1 aliphatic rings. The molecule has 1 aromatic heterocycles. The van der Waals surface area contributed by atoms with Gasteiger partial charge in [0, 0.05) is 31.5 Å². The minimum atomic E-state index is 0.290. The molecule has 134 valence electrons. The van der Waals surface area contributed by atoms with E-state index < -0.39 is 0 Å². The van der Waals surface area contributed by atoms with E-state index in [4.69, 9.17) is 4.52 Å². The number of hydrogen-bond donors (Lipinski definition) is 0. The van der Waals surface area contributed by atoms with Crippen LogP contribution in [0.15, 0.2) is 28.8 Å². The zero-order valence-electron chi connectivity index (χ0n) is 15.2. The van der Waals surface area contributed by atoms with Crippen LogP contribution in [0.3, 0.4) is 0 Å². The van der Waals surface area contributed by atoms with Gasteiger partial charge < -0.3 is 9.42 Å². The number of benzene rings is 1. The standard InChI is InChI=1S/C20H27N3O2/c1-3-4-11-19(24)23-12-7-9-16(14-23)13-18-21-20(22-25-18)17-10-6-5-8-15(17)2/h5-6,8,10,16H,3-4,7,9,11-14H2,1-2H3. The van der Waals surface area contributed by atoms with Gasteiger partial charge in [0.1, 0.15) is 0 Å².